The normalized spacial score (nSPS) is 14.4. The van der Waals surface area contributed by atoms with Crippen LogP contribution in [-0.2, 0) is 23.0 Å². The smallest absolute Gasteiger partial charge is 0.255 e. The Bertz CT molecular complexity index is 1190. The van der Waals surface area contributed by atoms with Crippen LogP contribution in [0.4, 0.5) is 10.1 Å². The van der Waals surface area contributed by atoms with E-state index in [0.717, 1.165) is 5.56 Å². The van der Waals surface area contributed by atoms with Crippen molar-refractivity contribution in [2.75, 3.05) is 11.9 Å². The minimum atomic E-state index is -3.76. The zero-order chi connectivity index (χ0) is 20.6. The number of benzene rings is 2. The van der Waals surface area contributed by atoms with Gasteiger partial charge >= 0.3 is 0 Å². The molecule has 150 valence electrons. The van der Waals surface area contributed by atoms with Gasteiger partial charge < -0.3 is 5.32 Å². The second-order valence-corrected chi connectivity index (χ2v) is 9.89. The van der Waals surface area contributed by atoms with E-state index in [2.05, 4.69) is 5.32 Å². The SMILES string of the molecule is O=C(Nc1cccc(Cl)c1F)c1cccc(S(=O)(=O)N2CCc3sccc3C2)c1. The monoisotopic (exact) mass is 450 g/mol. The van der Waals surface area contributed by atoms with Crippen LogP contribution in [0.15, 0.2) is 58.8 Å². The number of nitrogens with zero attached hydrogens (tertiary/aromatic N) is 1. The third kappa shape index (κ3) is 3.93. The van der Waals surface area contributed by atoms with Crippen LogP contribution in [0.1, 0.15) is 20.8 Å². The number of anilines is 1. The third-order valence-corrected chi connectivity index (χ3v) is 7.86. The highest BCUT2D eigenvalue weighted by Crippen LogP contribution is 2.28. The lowest BCUT2D eigenvalue weighted by molar-refractivity contribution is 0.102. The maximum Gasteiger partial charge on any atom is 0.255 e. The molecule has 1 aliphatic rings. The van der Waals surface area contributed by atoms with Crippen molar-refractivity contribution >= 4 is 44.6 Å². The molecule has 1 aliphatic heterocycles. The van der Waals surface area contributed by atoms with Crippen LogP contribution in [0.3, 0.4) is 0 Å². The zero-order valence-corrected chi connectivity index (χ0v) is 17.5. The molecule has 0 unspecified atom stereocenters. The largest absolute Gasteiger partial charge is 0.319 e. The number of amides is 1. The van der Waals surface area contributed by atoms with Crippen LogP contribution >= 0.6 is 22.9 Å². The zero-order valence-electron chi connectivity index (χ0n) is 15.1. The van der Waals surface area contributed by atoms with E-state index in [1.165, 1.54) is 51.6 Å². The number of fused-ring (bicyclic) bond motifs is 1. The van der Waals surface area contributed by atoms with E-state index in [9.17, 15) is 17.6 Å². The lowest BCUT2D eigenvalue weighted by Gasteiger charge is -2.26. The number of thiophene rings is 1. The van der Waals surface area contributed by atoms with E-state index in [0.29, 0.717) is 19.5 Å². The molecule has 3 aromatic rings. The van der Waals surface area contributed by atoms with Crippen LogP contribution in [-0.4, -0.2) is 25.2 Å². The second-order valence-electron chi connectivity index (χ2n) is 6.54. The van der Waals surface area contributed by atoms with Gasteiger partial charge in [-0.1, -0.05) is 23.7 Å². The number of hydrogen-bond donors (Lipinski definition) is 1. The van der Waals surface area contributed by atoms with Gasteiger partial charge in [0.1, 0.15) is 0 Å². The van der Waals surface area contributed by atoms with Gasteiger partial charge in [-0.3, -0.25) is 4.79 Å². The molecular formula is C20H16ClFN2O3S2. The number of halogens is 2. The van der Waals surface area contributed by atoms with E-state index in [1.807, 2.05) is 11.4 Å². The molecule has 2 heterocycles. The molecule has 0 saturated carbocycles. The average Bonchev–Trinajstić information content (AvgIpc) is 3.19. The highest BCUT2D eigenvalue weighted by molar-refractivity contribution is 7.89. The fourth-order valence-corrected chi connectivity index (χ4v) is 5.70. The van der Waals surface area contributed by atoms with E-state index in [1.54, 1.807) is 11.3 Å². The van der Waals surface area contributed by atoms with Crippen LogP contribution in [0.2, 0.25) is 5.02 Å². The van der Waals surface area contributed by atoms with Crippen LogP contribution in [0.5, 0.6) is 0 Å². The first-order chi connectivity index (χ1) is 13.9. The Morgan fingerprint density at radius 2 is 1.97 bits per heavy atom. The summed E-state index contributed by atoms with van der Waals surface area (Å²) in [5.41, 5.74) is 1.05. The van der Waals surface area contributed by atoms with Gasteiger partial charge in [0.25, 0.3) is 5.91 Å². The van der Waals surface area contributed by atoms with Gasteiger partial charge in [0, 0.05) is 23.5 Å². The summed E-state index contributed by atoms with van der Waals surface area (Å²) in [6.45, 7) is 0.700. The van der Waals surface area contributed by atoms with Gasteiger partial charge in [-0.05, 0) is 53.8 Å². The highest BCUT2D eigenvalue weighted by Gasteiger charge is 2.29. The number of rotatable bonds is 4. The lowest BCUT2D eigenvalue weighted by Crippen LogP contribution is -2.35. The summed E-state index contributed by atoms with van der Waals surface area (Å²) in [6, 6.07) is 11.9. The second kappa shape index (κ2) is 7.87. The molecule has 29 heavy (non-hydrogen) atoms. The number of sulfonamides is 1. The summed E-state index contributed by atoms with van der Waals surface area (Å²) in [5, 5.41) is 4.27. The number of carbonyl (C=O) groups excluding carboxylic acids is 1. The number of nitrogens with one attached hydrogen (secondary N) is 1. The maximum absolute atomic E-state index is 14.0. The molecular weight excluding hydrogens is 435 g/mol. The summed E-state index contributed by atoms with van der Waals surface area (Å²) in [5.74, 6) is -1.37. The van der Waals surface area contributed by atoms with E-state index < -0.39 is 21.7 Å². The first-order valence-electron chi connectivity index (χ1n) is 8.77. The molecule has 0 atom stereocenters. The molecule has 5 nitrogen and oxygen atoms in total. The van der Waals surface area contributed by atoms with Crippen LogP contribution in [0, 0.1) is 5.82 Å². The minimum Gasteiger partial charge on any atom is -0.319 e. The first-order valence-corrected chi connectivity index (χ1v) is 11.5. The Morgan fingerprint density at radius 1 is 1.17 bits per heavy atom. The van der Waals surface area contributed by atoms with Crippen molar-refractivity contribution < 1.29 is 17.6 Å². The molecule has 9 heteroatoms. The Balaban J connectivity index is 1.58. The van der Waals surface area contributed by atoms with Gasteiger partial charge in [0.2, 0.25) is 10.0 Å². The Hall–Kier alpha value is -2.26. The lowest BCUT2D eigenvalue weighted by atomic mass is 10.1. The topological polar surface area (TPSA) is 66.5 Å². The quantitative estimate of drug-likeness (QED) is 0.634. The van der Waals surface area contributed by atoms with Crippen molar-refractivity contribution in [2.45, 2.75) is 17.9 Å². The van der Waals surface area contributed by atoms with Crippen molar-refractivity contribution in [2.24, 2.45) is 0 Å². The summed E-state index contributed by atoms with van der Waals surface area (Å²) >= 11 is 7.36. The fourth-order valence-electron chi connectivity index (χ4n) is 3.17. The van der Waals surface area contributed by atoms with Gasteiger partial charge in [0.15, 0.2) is 5.82 Å². The molecule has 1 aromatic heterocycles. The molecule has 0 bridgehead atoms. The standard InChI is InChI=1S/C20H16ClFN2O3S2/c21-16-5-2-6-17(19(16)22)23-20(25)13-3-1-4-15(11-13)29(26,27)24-9-7-18-14(12-24)8-10-28-18/h1-6,8,10-11H,7,9,12H2,(H,23,25). The maximum atomic E-state index is 14.0. The van der Waals surface area contributed by atoms with Gasteiger partial charge in [-0.2, -0.15) is 4.31 Å². The highest BCUT2D eigenvalue weighted by atomic mass is 35.5. The van der Waals surface area contributed by atoms with Crippen molar-refractivity contribution in [1.82, 2.24) is 4.31 Å². The summed E-state index contributed by atoms with van der Waals surface area (Å²) in [6.07, 6.45) is 0.667. The summed E-state index contributed by atoms with van der Waals surface area (Å²) < 4.78 is 41.6. The molecule has 0 aliphatic carbocycles. The molecule has 0 fully saturated rings. The average molecular weight is 451 g/mol. The minimum absolute atomic E-state index is 0.0235. The van der Waals surface area contributed by atoms with E-state index >= 15 is 0 Å². The van der Waals surface area contributed by atoms with Gasteiger partial charge in [-0.15, -0.1) is 11.3 Å². The van der Waals surface area contributed by atoms with Gasteiger partial charge in [-0.25, -0.2) is 12.8 Å². The van der Waals surface area contributed by atoms with Crippen molar-refractivity contribution in [1.29, 1.82) is 0 Å². The Labute approximate surface area is 176 Å². The first kappa shape index (κ1) is 20.0. The summed E-state index contributed by atoms with van der Waals surface area (Å²) in [4.78, 5) is 13.8. The molecule has 0 saturated heterocycles. The molecule has 0 radical (unpaired) electrons. The molecule has 1 amide bonds. The predicted octanol–water partition coefficient (Wildman–Crippen LogP) is 4.54. The molecule has 1 N–H and O–H groups in total. The molecule has 4 rings (SSSR count). The van der Waals surface area contributed by atoms with E-state index in [4.69, 9.17) is 11.6 Å². The number of hydrogen-bond acceptors (Lipinski definition) is 4. The predicted molar refractivity (Wildman–Crippen MR) is 111 cm³/mol. The van der Waals surface area contributed by atoms with Crippen molar-refractivity contribution in [3.8, 4) is 0 Å². The fraction of sp³-hybridized carbons (Fsp3) is 0.150. The van der Waals surface area contributed by atoms with Crippen LogP contribution in [0.25, 0.3) is 0 Å². The number of carbonyl (C=O) groups is 1. The van der Waals surface area contributed by atoms with Crippen LogP contribution < -0.4 is 5.32 Å². The van der Waals surface area contributed by atoms with Crippen molar-refractivity contribution in [3.05, 3.63) is 80.8 Å². The van der Waals surface area contributed by atoms with E-state index in [-0.39, 0.29) is 21.2 Å². The Morgan fingerprint density at radius 3 is 2.79 bits per heavy atom. The van der Waals surface area contributed by atoms with Crippen molar-refractivity contribution in [3.63, 3.8) is 0 Å². The van der Waals surface area contributed by atoms with Gasteiger partial charge in [0.05, 0.1) is 15.6 Å². The Kier molecular flexibility index (Phi) is 5.44. The third-order valence-electron chi connectivity index (χ3n) is 4.71. The molecule has 0 spiro atoms. The molecule has 2 aromatic carbocycles. The summed E-state index contributed by atoms with van der Waals surface area (Å²) in [7, 11) is -3.76.